The lowest BCUT2D eigenvalue weighted by molar-refractivity contribution is -0.392. The summed E-state index contributed by atoms with van der Waals surface area (Å²) in [6.07, 6.45) is -10.6. The molecule has 0 saturated heterocycles. The van der Waals surface area contributed by atoms with Crippen molar-refractivity contribution >= 4 is 69.3 Å². The third-order valence-corrected chi connectivity index (χ3v) is 4.96. The van der Waals surface area contributed by atoms with Crippen LogP contribution in [0.2, 0.25) is 20.2 Å². The molecule has 0 aliphatic rings. The van der Waals surface area contributed by atoms with Crippen LogP contribution in [0.5, 0.6) is 0 Å². The average Bonchev–Trinajstić information content (AvgIpc) is 2.56. The number of aromatic nitrogens is 1. The molecule has 1 heterocycles. The molecule has 0 fully saturated rings. The Morgan fingerprint density at radius 1 is 0.871 bits per heavy atom. The molecule has 2 aromatic rings. The highest BCUT2D eigenvalue weighted by Crippen LogP contribution is 2.50. The maximum absolute atomic E-state index is 13.2. The first-order valence-electron chi connectivity index (χ1n) is 7.09. The van der Waals surface area contributed by atoms with E-state index >= 15 is 0 Å². The summed E-state index contributed by atoms with van der Waals surface area (Å²) in [7, 11) is 0. The van der Waals surface area contributed by atoms with E-state index in [9.17, 15) is 46.6 Å². The van der Waals surface area contributed by atoms with Gasteiger partial charge in [-0.25, -0.2) is 4.98 Å². The maximum Gasteiger partial charge on any atom is 0.419 e. The first kappa shape index (κ1) is 25.0. The van der Waals surface area contributed by atoms with Crippen LogP contribution >= 0.6 is 46.4 Å². The predicted octanol–water partition coefficient (Wildman–Crippen LogP) is 7.29. The van der Waals surface area contributed by atoms with Gasteiger partial charge in [-0.2, -0.15) is 26.3 Å². The number of alkyl halides is 6. The standard InChI is InChI=1S/C13H2Cl4F6N4O4/c14-5-2(12(18,19)20)1-3(26(28)29)8(9(5)27(30)31)24-11-7(16)4(13(21,22)23)6(15)10(17)25-11/h1H,(H,24,25). The van der Waals surface area contributed by atoms with Crippen LogP contribution in [0.15, 0.2) is 6.07 Å². The average molecular weight is 534 g/mol. The molecule has 0 atom stereocenters. The molecule has 8 nitrogen and oxygen atoms in total. The second kappa shape index (κ2) is 8.33. The van der Waals surface area contributed by atoms with Crippen LogP contribution in [0.1, 0.15) is 11.1 Å². The van der Waals surface area contributed by atoms with E-state index in [-0.39, 0.29) is 6.07 Å². The molecule has 0 aliphatic heterocycles. The Morgan fingerprint density at radius 3 is 1.84 bits per heavy atom. The fourth-order valence-electron chi connectivity index (χ4n) is 2.24. The van der Waals surface area contributed by atoms with E-state index in [1.165, 1.54) is 0 Å². The van der Waals surface area contributed by atoms with Gasteiger partial charge in [0.25, 0.3) is 0 Å². The van der Waals surface area contributed by atoms with E-state index < -0.39 is 76.4 Å². The summed E-state index contributed by atoms with van der Waals surface area (Å²) in [6, 6.07) is -0.145. The van der Waals surface area contributed by atoms with Gasteiger partial charge in [0, 0.05) is 6.07 Å². The Hall–Kier alpha value is -2.29. The third-order valence-electron chi connectivity index (χ3n) is 3.47. The normalized spacial score (nSPS) is 12.1. The van der Waals surface area contributed by atoms with Crippen molar-refractivity contribution in [1.29, 1.82) is 0 Å². The molecule has 0 spiro atoms. The van der Waals surface area contributed by atoms with Gasteiger partial charge in [-0.15, -0.1) is 0 Å². The summed E-state index contributed by atoms with van der Waals surface area (Å²) >= 11 is 21.9. The molecule has 1 aromatic carbocycles. The maximum atomic E-state index is 13.2. The van der Waals surface area contributed by atoms with E-state index in [4.69, 9.17) is 46.4 Å². The summed E-state index contributed by atoms with van der Waals surface area (Å²) in [6.45, 7) is 0. The molecule has 1 N–H and O–H groups in total. The Morgan fingerprint density at radius 2 is 1.42 bits per heavy atom. The van der Waals surface area contributed by atoms with Crippen LogP contribution < -0.4 is 5.32 Å². The molecular weight excluding hydrogens is 532 g/mol. The Labute approximate surface area is 186 Å². The van der Waals surface area contributed by atoms with Crippen molar-refractivity contribution in [2.24, 2.45) is 0 Å². The van der Waals surface area contributed by atoms with E-state index in [0.29, 0.717) is 0 Å². The van der Waals surface area contributed by atoms with Crippen LogP contribution in [-0.4, -0.2) is 14.8 Å². The SMILES string of the molecule is O=[N+]([O-])c1cc(C(F)(F)F)c(Cl)c([N+](=O)[O-])c1Nc1nc(Cl)c(Cl)c(C(F)(F)F)c1Cl. The van der Waals surface area contributed by atoms with Crippen LogP contribution in [0.25, 0.3) is 0 Å². The summed E-state index contributed by atoms with van der Waals surface area (Å²) in [5.41, 5.74) is -8.22. The number of nitrogens with one attached hydrogen (secondary N) is 1. The van der Waals surface area contributed by atoms with Gasteiger partial charge in [0.15, 0.2) is 16.7 Å². The number of hydrogen-bond acceptors (Lipinski definition) is 6. The summed E-state index contributed by atoms with van der Waals surface area (Å²) in [4.78, 5) is 22.9. The smallest absolute Gasteiger partial charge is 0.328 e. The molecule has 0 radical (unpaired) electrons. The molecule has 168 valence electrons. The van der Waals surface area contributed by atoms with E-state index in [1.54, 1.807) is 5.32 Å². The van der Waals surface area contributed by atoms with Gasteiger partial charge >= 0.3 is 23.7 Å². The number of nitro groups is 2. The molecule has 0 aliphatic carbocycles. The number of nitrogens with zero attached hydrogens (tertiary/aromatic N) is 3. The topological polar surface area (TPSA) is 111 Å². The summed E-state index contributed by atoms with van der Waals surface area (Å²) in [5.74, 6) is -1.12. The van der Waals surface area contributed by atoms with E-state index in [1.807, 2.05) is 0 Å². The fraction of sp³-hybridized carbons (Fsp3) is 0.154. The Bertz CT molecular complexity index is 1110. The van der Waals surface area contributed by atoms with Gasteiger partial charge in [-0.1, -0.05) is 46.4 Å². The molecule has 2 rings (SSSR count). The van der Waals surface area contributed by atoms with Crippen LogP contribution in [0.3, 0.4) is 0 Å². The Kier molecular flexibility index (Phi) is 6.71. The van der Waals surface area contributed by atoms with Crippen molar-refractivity contribution in [2.75, 3.05) is 5.32 Å². The first-order valence-corrected chi connectivity index (χ1v) is 8.60. The lowest BCUT2D eigenvalue weighted by Gasteiger charge is -2.17. The van der Waals surface area contributed by atoms with Gasteiger partial charge in [0.05, 0.1) is 31.0 Å². The quantitative estimate of drug-likeness (QED) is 0.191. The van der Waals surface area contributed by atoms with Crippen molar-refractivity contribution < 1.29 is 36.2 Å². The molecule has 1 aromatic heterocycles. The van der Waals surface area contributed by atoms with E-state index in [0.717, 1.165) is 0 Å². The number of halogens is 10. The molecule has 18 heteroatoms. The first-order chi connectivity index (χ1) is 14.0. The number of pyridine rings is 1. The minimum atomic E-state index is -5.34. The number of nitro benzene ring substituents is 2. The number of benzene rings is 1. The summed E-state index contributed by atoms with van der Waals surface area (Å²) in [5, 5.41) is 19.3. The molecule has 0 amide bonds. The highest BCUT2D eigenvalue weighted by Gasteiger charge is 2.43. The van der Waals surface area contributed by atoms with Crippen molar-refractivity contribution in [1.82, 2.24) is 4.98 Å². The molecule has 0 saturated carbocycles. The number of anilines is 2. The highest BCUT2D eigenvalue weighted by atomic mass is 35.5. The van der Waals surface area contributed by atoms with Crippen LogP contribution in [0.4, 0.5) is 49.2 Å². The molecule has 0 unspecified atom stereocenters. The predicted molar refractivity (Wildman–Crippen MR) is 97.3 cm³/mol. The lowest BCUT2D eigenvalue weighted by atomic mass is 10.1. The van der Waals surface area contributed by atoms with Gasteiger partial charge in [-0.3, -0.25) is 20.2 Å². The minimum absolute atomic E-state index is 0.145. The molecule has 0 bridgehead atoms. The van der Waals surface area contributed by atoms with Crippen molar-refractivity contribution in [3.63, 3.8) is 0 Å². The van der Waals surface area contributed by atoms with Crippen LogP contribution in [0, 0.1) is 20.2 Å². The van der Waals surface area contributed by atoms with Crippen molar-refractivity contribution in [3.8, 4) is 0 Å². The van der Waals surface area contributed by atoms with Gasteiger partial charge in [-0.05, 0) is 0 Å². The fourth-order valence-corrected chi connectivity index (χ4v) is 3.33. The second-order valence-electron chi connectivity index (χ2n) is 5.37. The van der Waals surface area contributed by atoms with Crippen LogP contribution in [-0.2, 0) is 12.4 Å². The minimum Gasteiger partial charge on any atom is -0.328 e. The summed E-state index contributed by atoms with van der Waals surface area (Å²) < 4.78 is 79.0. The third kappa shape index (κ3) is 4.81. The Balaban J connectivity index is 2.91. The van der Waals surface area contributed by atoms with Gasteiger partial charge < -0.3 is 5.32 Å². The van der Waals surface area contributed by atoms with Crippen molar-refractivity contribution in [2.45, 2.75) is 12.4 Å². The number of hydrogen-bond donors (Lipinski definition) is 1. The monoisotopic (exact) mass is 532 g/mol. The number of rotatable bonds is 4. The zero-order valence-corrected chi connectivity index (χ0v) is 16.9. The van der Waals surface area contributed by atoms with E-state index in [2.05, 4.69) is 4.98 Å². The van der Waals surface area contributed by atoms with Gasteiger partial charge in [0.2, 0.25) is 0 Å². The highest BCUT2D eigenvalue weighted by molar-refractivity contribution is 6.44. The zero-order chi connectivity index (χ0) is 24.0. The largest absolute Gasteiger partial charge is 0.419 e. The lowest BCUT2D eigenvalue weighted by Crippen LogP contribution is -2.13. The van der Waals surface area contributed by atoms with Gasteiger partial charge in [0.1, 0.15) is 5.02 Å². The second-order valence-corrected chi connectivity index (χ2v) is 6.86. The molecular formula is C13H2Cl4F6N4O4. The zero-order valence-electron chi connectivity index (χ0n) is 13.8. The molecule has 31 heavy (non-hydrogen) atoms. The van der Waals surface area contributed by atoms with Crippen molar-refractivity contribution in [3.05, 3.63) is 57.6 Å².